The van der Waals surface area contributed by atoms with E-state index in [4.69, 9.17) is 0 Å². The number of carbonyl (C=O) groups is 2. The molecule has 1 saturated heterocycles. The summed E-state index contributed by atoms with van der Waals surface area (Å²) in [6.45, 7) is 6.42. The largest absolute Gasteiger partial charge is 0.351 e. The van der Waals surface area contributed by atoms with E-state index in [9.17, 15) is 18.0 Å². The molecular formula is C25H34N4O4S. The number of hydrogen-bond acceptors (Lipinski definition) is 5. The quantitative estimate of drug-likeness (QED) is 0.505. The van der Waals surface area contributed by atoms with Crippen molar-refractivity contribution in [2.75, 3.05) is 18.4 Å². The lowest BCUT2D eigenvalue weighted by molar-refractivity contribution is -0.122. The highest BCUT2D eigenvalue weighted by molar-refractivity contribution is 7.89. The second-order valence-electron chi connectivity index (χ2n) is 8.77. The summed E-state index contributed by atoms with van der Waals surface area (Å²) in [4.78, 5) is 26.1. The second-order valence-corrected chi connectivity index (χ2v) is 10.5. The number of likely N-dealkylation sites (tertiary alicyclic amines) is 1. The van der Waals surface area contributed by atoms with Crippen molar-refractivity contribution < 1.29 is 18.0 Å². The van der Waals surface area contributed by atoms with Crippen molar-refractivity contribution in [1.29, 1.82) is 0 Å². The number of hydrogen-bond donors (Lipinski definition) is 3. The van der Waals surface area contributed by atoms with Gasteiger partial charge in [-0.15, -0.1) is 0 Å². The molecule has 34 heavy (non-hydrogen) atoms. The van der Waals surface area contributed by atoms with Crippen LogP contribution in [-0.2, 0) is 32.7 Å². The fraction of sp³-hybridized carbons (Fsp3) is 0.440. The van der Waals surface area contributed by atoms with Gasteiger partial charge in [-0.3, -0.25) is 14.5 Å². The fourth-order valence-corrected chi connectivity index (χ4v) is 5.14. The van der Waals surface area contributed by atoms with Crippen LogP contribution in [0.5, 0.6) is 0 Å². The van der Waals surface area contributed by atoms with Crippen molar-refractivity contribution in [2.24, 2.45) is 0 Å². The van der Waals surface area contributed by atoms with Crippen LogP contribution in [0.4, 0.5) is 5.69 Å². The van der Waals surface area contributed by atoms with Crippen LogP contribution in [0.1, 0.15) is 50.7 Å². The fourth-order valence-electron chi connectivity index (χ4n) is 3.93. The van der Waals surface area contributed by atoms with Crippen LogP contribution in [0.25, 0.3) is 0 Å². The molecule has 2 amide bonds. The first kappa shape index (κ1) is 25.9. The Hall–Kier alpha value is -2.75. The van der Waals surface area contributed by atoms with Gasteiger partial charge in [-0.1, -0.05) is 37.1 Å². The van der Waals surface area contributed by atoms with Gasteiger partial charge in [-0.2, -0.15) is 4.72 Å². The molecule has 1 heterocycles. The first-order valence-corrected chi connectivity index (χ1v) is 13.2. The average molecular weight is 487 g/mol. The summed E-state index contributed by atoms with van der Waals surface area (Å²) in [7, 11) is -3.88. The Morgan fingerprint density at radius 3 is 2.09 bits per heavy atom. The molecule has 0 aliphatic carbocycles. The minimum atomic E-state index is -3.88. The number of sulfonamides is 1. The Kier molecular flexibility index (Phi) is 9.20. The van der Waals surface area contributed by atoms with Crippen LogP contribution < -0.4 is 15.4 Å². The third kappa shape index (κ3) is 7.93. The Morgan fingerprint density at radius 1 is 0.912 bits per heavy atom. The van der Waals surface area contributed by atoms with E-state index < -0.39 is 22.0 Å². The summed E-state index contributed by atoms with van der Waals surface area (Å²) in [6.07, 6.45) is 5.14. The van der Waals surface area contributed by atoms with Crippen molar-refractivity contribution in [3.63, 3.8) is 0 Å². The average Bonchev–Trinajstić information content (AvgIpc) is 3.06. The molecule has 0 spiro atoms. The molecule has 1 fully saturated rings. The molecule has 1 aliphatic rings. The lowest BCUT2D eigenvalue weighted by atomic mass is 10.1. The van der Waals surface area contributed by atoms with Crippen LogP contribution in [0.2, 0.25) is 0 Å². The number of rotatable bonds is 9. The van der Waals surface area contributed by atoms with Gasteiger partial charge in [0.25, 0.3) is 0 Å². The predicted octanol–water partition coefficient (Wildman–Crippen LogP) is 3.00. The molecule has 0 radical (unpaired) electrons. The molecule has 0 bridgehead atoms. The smallest absolute Gasteiger partial charge is 0.241 e. The minimum absolute atomic E-state index is 0.0150. The molecule has 0 saturated carbocycles. The van der Waals surface area contributed by atoms with Crippen molar-refractivity contribution in [3.8, 4) is 0 Å². The Morgan fingerprint density at radius 2 is 1.50 bits per heavy atom. The van der Waals surface area contributed by atoms with Crippen LogP contribution in [0.15, 0.2) is 53.4 Å². The van der Waals surface area contributed by atoms with E-state index in [1.165, 1.54) is 69.4 Å². The molecule has 1 aliphatic heterocycles. The highest BCUT2D eigenvalue weighted by Gasteiger charge is 2.22. The molecule has 0 unspecified atom stereocenters. The maximum atomic E-state index is 12.6. The van der Waals surface area contributed by atoms with E-state index in [1.807, 2.05) is 12.1 Å². The summed E-state index contributed by atoms with van der Waals surface area (Å²) in [5.41, 5.74) is 2.70. The molecule has 2 aromatic carbocycles. The summed E-state index contributed by atoms with van der Waals surface area (Å²) in [6, 6.07) is 13.0. The zero-order valence-electron chi connectivity index (χ0n) is 19.8. The van der Waals surface area contributed by atoms with Crippen molar-refractivity contribution in [3.05, 3.63) is 59.7 Å². The molecule has 1 atom stereocenters. The lowest BCUT2D eigenvalue weighted by Crippen LogP contribution is -2.44. The van der Waals surface area contributed by atoms with Gasteiger partial charge in [0.15, 0.2) is 0 Å². The van der Waals surface area contributed by atoms with E-state index in [1.54, 1.807) is 0 Å². The van der Waals surface area contributed by atoms with Gasteiger partial charge in [-0.25, -0.2) is 8.42 Å². The van der Waals surface area contributed by atoms with Gasteiger partial charge in [-0.05, 0) is 68.2 Å². The number of benzene rings is 2. The number of anilines is 1. The van der Waals surface area contributed by atoms with Gasteiger partial charge < -0.3 is 10.6 Å². The summed E-state index contributed by atoms with van der Waals surface area (Å²) < 4.78 is 27.6. The van der Waals surface area contributed by atoms with Crippen LogP contribution in [0, 0.1) is 0 Å². The monoisotopic (exact) mass is 486 g/mol. The topological polar surface area (TPSA) is 108 Å². The van der Waals surface area contributed by atoms with Gasteiger partial charge in [0.05, 0.1) is 10.9 Å². The zero-order chi connectivity index (χ0) is 24.6. The van der Waals surface area contributed by atoms with Crippen molar-refractivity contribution in [1.82, 2.24) is 14.9 Å². The minimum Gasteiger partial charge on any atom is -0.351 e. The maximum Gasteiger partial charge on any atom is 0.241 e. The van der Waals surface area contributed by atoms with Gasteiger partial charge in [0.1, 0.15) is 0 Å². The third-order valence-electron chi connectivity index (χ3n) is 5.80. The van der Waals surface area contributed by atoms with E-state index >= 15 is 0 Å². The summed E-state index contributed by atoms with van der Waals surface area (Å²) in [5.74, 6) is -0.654. The van der Waals surface area contributed by atoms with E-state index in [0.29, 0.717) is 12.2 Å². The summed E-state index contributed by atoms with van der Waals surface area (Å²) in [5, 5.41) is 5.37. The second kappa shape index (κ2) is 12.1. The van der Waals surface area contributed by atoms with Crippen molar-refractivity contribution in [2.45, 2.75) is 63.6 Å². The van der Waals surface area contributed by atoms with Gasteiger partial charge in [0.2, 0.25) is 21.8 Å². The normalized spacial score (nSPS) is 15.8. The molecular weight excluding hydrogens is 452 g/mol. The Labute approximate surface area is 202 Å². The lowest BCUT2D eigenvalue weighted by Gasteiger charge is -2.20. The first-order chi connectivity index (χ1) is 16.2. The van der Waals surface area contributed by atoms with Gasteiger partial charge >= 0.3 is 0 Å². The molecule has 8 nitrogen and oxygen atoms in total. The number of nitrogens with zero attached hydrogens (tertiary/aromatic N) is 1. The van der Waals surface area contributed by atoms with Crippen LogP contribution in [0.3, 0.4) is 0 Å². The van der Waals surface area contributed by atoms with Crippen molar-refractivity contribution >= 4 is 27.5 Å². The van der Waals surface area contributed by atoms with E-state index in [2.05, 4.69) is 32.4 Å². The Balaban J connectivity index is 1.48. The SMILES string of the molecule is CC(=O)Nc1ccc(S(=O)(=O)N[C@@H](C)C(=O)NCc2ccc(CN3CCCCCC3)cc2)cc1. The van der Waals surface area contributed by atoms with Crippen LogP contribution in [-0.4, -0.2) is 44.3 Å². The maximum absolute atomic E-state index is 12.6. The van der Waals surface area contributed by atoms with E-state index in [-0.39, 0.29) is 10.8 Å². The zero-order valence-corrected chi connectivity index (χ0v) is 20.7. The molecule has 184 valence electrons. The molecule has 3 N–H and O–H groups in total. The highest BCUT2D eigenvalue weighted by Crippen LogP contribution is 2.15. The summed E-state index contributed by atoms with van der Waals surface area (Å²) >= 11 is 0. The van der Waals surface area contributed by atoms with Gasteiger partial charge in [0, 0.05) is 25.7 Å². The standard InChI is InChI=1S/C25H34N4O4S/c1-19(28-34(32,33)24-13-11-23(12-14-24)27-20(2)30)25(31)26-17-21-7-9-22(10-8-21)18-29-15-5-3-4-6-16-29/h7-14,19,28H,3-6,15-18H2,1-2H3,(H,26,31)(H,27,30)/t19-/m0/s1. The molecule has 3 rings (SSSR count). The first-order valence-electron chi connectivity index (χ1n) is 11.7. The molecule has 2 aromatic rings. The molecule has 0 aromatic heterocycles. The predicted molar refractivity (Wildman–Crippen MR) is 133 cm³/mol. The molecule has 9 heteroatoms. The number of carbonyl (C=O) groups excluding carboxylic acids is 2. The number of amides is 2. The third-order valence-corrected chi connectivity index (χ3v) is 7.36. The van der Waals surface area contributed by atoms with E-state index in [0.717, 1.165) is 25.2 Å². The van der Waals surface area contributed by atoms with Crippen LogP contribution >= 0.6 is 0 Å². The highest BCUT2D eigenvalue weighted by atomic mass is 32.2. The number of nitrogens with one attached hydrogen (secondary N) is 3. The Bertz CT molecular complexity index is 1060.